The summed E-state index contributed by atoms with van der Waals surface area (Å²) in [4.78, 5) is 6.85. The van der Waals surface area contributed by atoms with E-state index in [1.165, 1.54) is 29.8 Å². The molecule has 24 heavy (non-hydrogen) atoms. The highest BCUT2D eigenvalue weighted by molar-refractivity contribution is 14.0. The molecule has 1 aromatic carbocycles. The van der Waals surface area contributed by atoms with E-state index in [0.717, 1.165) is 32.0 Å². The topological polar surface area (TPSA) is 39.7 Å². The van der Waals surface area contributed by atoms with Crippen molar-refractivity contribution >= 4 is 47.4 Å². The maximum absolute atomic E-state index is 4.73. The number of nitrogens with one attached hydrogen (secondary N) is 2. The van der Waals surface area contributed by atoms with Gasteiger partial charge in [0.1, 0.15) is 0 Å². The minimum atomic E-state index is 0. The van der Waals surface area contributed by atoms with Crippen LogP contribution in [0.5, 0.6) is 0 Å². The zero-order valence-corrected chi connectivity index (χ0v) is 18.2. The Hall–Kier alpha value is -0.630. The number of halogens is 1. The standard InChI is InChI=1S/C18H30N4S.HI/c1-4-19-18(21-14-17-6-5-13-23-17)20-12-11-15-7-9-16(10-8-15)22(2)3;/h7-10,17H,4-6,11-14H2,1-3H3,(H2,19,20,21);1H. The molecule has 1 aliphatic heterocycles. The zero-order valence-electron chi connectivity index (χ0n) is 15.0. The Labute approximate surface area is 168 Å². The minimum absolute atomic E-state index is 0. The van der Waals surface area contributed by atoms with Gasteiger partial charge in [-0.2, -0.15) is 11.8 Å². The molecule has 0 aromatic heterocycles. The van der Waals surface area contributed by atoms with Gasteiger partial charge in [0.05, 0.1) is 6.54 Å². The number of aliphatic imine (C=N–C) groups is 1. The van der Waals surface area contributed by atoms with Crippen LogP contribution < -0.4 is 15.5 Å². The van der Waals surface area contributed by atoms with Crippen LogP contribution in [-0.4, -0.2) is 50.7 Å². The summed E-state index contributed by atoms with van der Waals surface area (Å²) in [6.45, 7) is 4.85. The van der Waals surface area contributed by atoms with Gasteiger partial charge in [-0.25, -0.2) is 0 Å². The number of anilines is 1. The summed E-state index contributed by atoms with van der Waals surface area (Å²) in [5, 5.41) is 7.50. The summed E-state index contributed by atoms with van der Waals surface area (Å²) >= 11 is 2.06. The molecule has 0 aliphatic carbocycles. The van der Waals surface area contributed by atoms with Crippen molar-refractivity contribution in [1.29, 1.82) is 0 Å². The Balaban J connectivity index is 0.00000288. The molecule has 1 atom stereocenters. The van der Waals surface area contributed by atoms with Crippen LogP contribution in [0.3, 0.4) is 0 Å². The molecule has 1 aromatic rings. The first-order chi connectivity index (χ1) is 11.2. The third kappa shape index (κ3) is 7.51. The monoisotopic (exact) mass is 462 g/mol. The van der Waals surface area contributed by atoms with Crippen molar-refractivity contribution in [2.24, 2.45) is 4.99 Å². The lowest BCUT2D eigenvalue weighted by Crippen LogP contribution is -2.38. The number of hydrogen-bond donors (Lipinski definition) is 2. The fourth-order valence-electron chi connectivity index (χ4n) is 2.61. The van der Waals surface area contributed by atoms with Gasteiger partial charge in [0.15, 0.2) is 5.96 Å². The number of thioether (sulfide) groups is 1. The molecule has 136 valence electrons. The molecule has 6 heteroatoms. The molecule has 2 N–H and O–H groups in total. The quantitative estimate of drug-likeness (QED) is 0.371. The van der Waals surface area contributed by atoms with E-state index in [0.29, 0.717) is 5.25 Å². The maximum Gasteiger partial charge on any atom is 0.191 e. The lowest BCUT2D eigenvalue weighted by Gasteiger charge is -2.14. The van der Waals surface area contributed by atoms with Crippen molar-refractivity contribution < 1.29 is 0 Å². The molecule has 1 saturated heterocycles. The number of benzene rings is 1. The van der Waals surface area contributed by atoms with Gasteiger partial charge >= 0.3 is 0 Å². The van der Waals surface area contributed by atoms with E-state index in [9.17, 15) is 0 Å². The molecule has 0 radical (unpaired) electrons. The molecule has 4 nitrogen and oxygen atoms in total. The van der Waals surface area contributed by atoms with Gasteiger partial charge in [-0.3, -0.25) is 4.99 Å². The third-order valence-electron chi connectivity index (χ3n) is 3.98. The van der Waals surface area contributed by atoms with E-state index in [2.05, 4.69) is 72.6 Å². The second-order valence-electron chi connectivity index (χ2n) is 6.09. The van der Waals surface area contributed by atoms with E-state index in [1.54, 1.807) is 0 Å². The van der Waals surface area contributed by atoms with Gasteiger partial charge in [0.2, 0.25) is 0 Å². The van der Waals surface area contributed by atoms with E-state index < -0.39 is 0 Å². The maximum atomic E-state index is 4.73. The van der Waals surface area contributed by atoms with E-state index in [4.69, 9.17) is 4.99 Å². The Morgan fingerprint density at radius 2 is 2.00 bits per heavy atom. The molecule has 0 spiro atoms. The Morgan fingerprint density at radius 1 is 1.25 bits per heavy atom. The van der Waals surface area contributed by atoms with Crippen molar-refractivity contribution in [2.45, 2.75) is 31.4 Å². The minimum Gasteiger partial charge on any atom is -0.378 e. The Morgan fingerprint density at radius 3 is 2.58 bits per heavy atom. The van der Waals surface area contributed by atoms with Crippen molar-refractivity contribution in [3.05, 3.63) is 29.8 Å². The van der Waals surface area contributed by atoms with Gasteiger partial charge in [-0.05, 0) is 49.6 Å². The van der Waals surface area contributed by atoms with Crippen LogP contribution in [-0.2, 0) is 6.42 Å². The van der Waals surface area contributed by atoms with E-state index in [1.807, 2.05) is 0 Å². The lowest BCUT2D eigenvalue weighted by molar-refractivity contribution is 0.761. The highest BCUT2D eigenvalue weighted by Gasteiger charge is 2.14. The first-order valence-corrected chi connectivity index (χ1v) is 9.64. The molecule has 1 unspecified atom stereocenters. The van der Waals surface area contributed by atoms with Crippen LogP contribution in [0.4, 0.5) is 5.69 Å². The molecule has 1 heterocycles. The van der Waals surface area contributed by atoms with Crippen LogP contribution in [0.2, 0.25) is 0 Å². The number of nitrogens with zero attached hydrogens (tertiary/aromatic N) is 2. The Kier molecular flexibility index (Phi) is 10.6. The molecule has 2 rings (SSSR count). The first kappa shape index (κ1) is 21.4. The van der Waals surface area contributed by atoms with Gasteiger partial charge < -0.3 is 15.5 Å². The van der Waals surface area contributed by atoms with Crippen molar-refractivity contribution in [3.63, 3.8) is 0 Å². The van der Waals surface area contributed by atoms with E-state index >= 15 is 0 Å². The number of hydrogen-bond acceptors (Lipinski definition) is 3. The molecule has 1 fully saturated rings. The highest BCUT2D eigenvalue weighted by Crippen LogP contribution is 2.25. The van der Waals surface area contributed by atoms with Gasteiger partial charge in [0.25, 0.3) is 0 Å². The number of rotatable bonds is 7. The van der Waals surface area contributed by atoms with Crippen LogP contribution in [0.25, 0.3) is 0 Å². The molecule has 1 aliphatic rings. The summed E-state index contributed by atoms with van der Waals surface area (Å²) in [7, 11) is 4.14. The molecular weight excluding hydrogens is 431 g/mol. The highest BCUT2D eigenvalue weighted by atomic mass is 127. The van der Waals surface area contributed by atoms with Crippen molar-refractivity contribution in [3.8, 4) is 0 Å². The predicted molar refractivity (Wildman–Crippen MR) is 119 cm³/mol. The summed E-state index contributed by atoms with van der Waals surface area (Å²) in [5.41, 5.74) is 2.59. The Bertz CT molecular complexity index is 484. The average Bonchev–Trinajstić information content (AvgIpc) is 3.06. The fourth-order valence-corrected chi connectivity index (χ4v) is 3.79. The molecule has 0 amide bonds. The fraction of sp³-hybridized carbons (Fsp3) is 0.611. The molecule has 0 saturated carbocycles. The summed E-state index contributed by atoms with van der Waals surface area (Å²) in [5.74, 6) is 2.25. The van der Waals surface area contributed by atoms with E-state index in [-0.39, 0.29) is 24.0 Å². The van der Waals surface area contributed by atoms with Crippen molar-refractivity contribution in [1.82, 2.24) is 10.6 Å². The average molecular weight is 462 g/mol. The van der Waals surface area contributed by atoms with Crippen LogP contribution in [0.1, 0.15) is 25.3 Å². The van der Waals surface area contributed by atoms with Crippen LogP contribution in [0, 0.1) is 0 Å². The SMILES string of the molecule is CCNC(=NCC1CCCS1)NCCc1ccc(N(C)C)cc1.I. The second kappa shape index (κ2) is 11.8. The van der Waals surface area contributed by atoms with Gasteiger partial charge in [-0.15, -0.1) is 24.0 Å². The summed E-state index contributed by atoms with van der Waals surface area (Å²) < 4.78 is 0. The predicted octanol–water partition coefficient (Wildman–Crippen LogP) is 3.36. The third-order valence-corrected chi connectivity index (χ3v) is 5.36. The van der Waals surface area contributed by atoms with Crippen LogP contribution in [0.15, 0.2) is 29.3 Å². The summed E-state index contributed by atoms with van der Waals surface area (Å²) in [6, 6.07) is 8.75. The molecular formula is C18H31IN4S. The first-order valence-electron chi connectivity index (χ1n) is 8.59. The van der Waals surface area contributed by atoms with Gasteiger partial charge in [-0.1, -0.05) is 12.1 Å². The van der Waals surface area contributed by atoms with Crippen LogP contribution >= 0.6 is 35.7 Å². The van der Waals surface area contributed by atoms with Gasteiger partial charge in [0, 0.05) is 38.1 Å². The summed E-state index contributed by atoms with van der Waals surface area (Å²) in [6.07, 6.45) is 3.67. The lowest BCUT2D eigenvalue weighted by atomic mass is 10.1. The zero-order chi connectivity index (χ0) is 16.5. The molecule has 0 bridgehead atoms. The van der Waals surface area contributed by atoms with Crippen molar-refractivity contribution in [2.75, 3.05) is 44.4 Å². The smallest absolute Gasteiger partial charge is 0.191 e. The largest absolute Gasteiger partial charge is 0.378 e. The number of guanidine groups is 1. The second-order valence-corrected chi connectivity index (χ2v) is 7.50. The normalized spacial score (nSPS) is 17.3.